The minimum atomic E-state index is 0. The van der Waals surface area contributed by atoms with Crippen molar-refractivity contribution in [3.63, 3.8) is 0 Å². The second-order valence-corrected chi connectivity index (χ2v) is 7.46. The first kappa shape index (κ1) is 21.7. The van der Waals surface area contributed by atoms with Gasteiger partial charge in [-0.3, -0.25) is 9.59 Å². The molecule has 27 heavy (non-hydrogen) atoms. The lowest BCUT2D eigenvalue weighted by Crippen LogP contribution is -2.52. The summed E-state index contributed by atoms with van der Waals surface area (Å²) in [5.41, 5.74) is 0.751. The van der Waals surface area contributed by atoms with Crippen LogP contribution in [0.25, 0.3) is 0 Å². The normalized spacial score (nSPS) is 20.6. The molecule has 0 aliphatic carbocycles. The lowest BCUT2D eigenvalue weighted by atomic mass is 9.95. The van der Waals surface area contributed by atoms with Crippen LogP contribution >= 0.6 is 12.4 Å². The number of nitrogens with zero attached hydrogens (tertiary/aromatic N) is 2. The zero-order chi connectivity index (χ0) is 18.4. The molecule has 1 N–H and O–H groups in total. The highest BCUT2D eigenvalue weighted by Gasteiger charge is 2.33. The Balaban J connectivity index is 0.00000261. The Labute approximate surface area is 168 Å². The van der Waals surface area contributed by atoms with E-state index in [1.54, 1.807) is 0 Å². The second-order valence-electron chi connectivity index (χ2n) is 7.46. The number of carbonyl (C=O) groups excluding carboxylic acids is 2. The molecule has 2 saturated heterocycles. The number of hydrogen-bond donors (Lipinski definition) is 1. The molecule has 6 heteroatoms. The van der Waals surface area contributed by atoms with Crippen molar-refractivity contribution < 1.29 is 9.59 Å². The first-order valence-electron chi connectivity index (χ1n) is 10.1. The fourth-order valence-corrected chi connectivity index (χ4v) is 4.15. The number of hydrogen-bond acceptors (Lipinski definition) is 3. The maximum absolute atomic E-state index is 13.0. The summed E-state index contributed by atoms with van der Waals surface area (Å²) in [5.74, 6) is 0.542. The molecule has 2 aliphatic rings. The van der Waals surface area contributed by atoms with E-state index in [1.807, 2.05) is 35.2 Å². The molecule has 1 aromatic rings. The van der Waals surface area contributed by atoms with Crippen LogP contribution in [0.1, 0.15) is 49.4 Å². The van der Waals surface area contributed by atoms with Crippen LogP contribution in [0.2, 0.25) is 0 Å². The summed E-state index contributed by atoms with van der Waals surface area (Å²) < 4.78 is 0. The highest BCUT2D eigenvalue weighted by atomic mass is 35.5. The lowest BCUT2D eigenvalue weighted by Gasteiger charge is -2.40. The third-order valence-corrected chi connectivity index (χ3v) is 5.61. The van der Waals surface area contributed by atoms with Gasteiger partial charge in [0.2, 0.25) is 5.91 Å². The van der Waals surface area contributed by atoms with Crippen molar-refractivity contribution >= 4 is 24.2 Å². The molecule has 2 aliphatic heterocycles. The number of benzene rings is 1. The average molecular weight is 394 g/mol. The van der Waals surface area contributed by atoms with E-state index in [2.05, 4.69) is 17.1 Å². The third-order valence-electron chi connectivity index (χ3n) is 5.61. The zero-order valence-corrected chi connectivity index (χ0v) is 17.0. The van der Waals surface area contributed by atoms with Crippen LogP contribution in [0.5, 0.6) is 0 Å². The van der Waals surface area contributed by atoms with Crippen molar-refractivity contribution in [1.82, 2.24) is 15.1 Å². The molecule has 5 nitrogen and oxygen atoms in total. The Morgan fingerprint density at radius 3 is 2.44 bits per heavy atom. The van der Waals surface area contributed by atoms with Crippen LogP contribution in [0.4, 0.5) is 0 Å². The van der Waals surface area contributed by atoms with Crippen LogP contribution in [-0.4, -0.2) is 60.4 Å². The van der Waals surface area contributed by atoms with Crippen molar-refractivity contribution in [3.8, 4) is 0 Å². The lowest BCUT2D eigenvalue weighted by molar-refractivity contribution is -0.139. The van der Waals surface area contributed by atoms with Crippen LogP contribution in [0.15, 0.2) is 30.3 Å². The summed E-state index contributed by atoms with van der Waals surface area (Å²) in [6.45, 7) is 6.26. The van der Waals surface area contributed by atoms with Gasteiger partial charge in [0.15, 0.2) is 0 Å². The predicted octanol–water partition coefficient (Wildman–Crippen LogP) is 2.95. The molecule has 2 amide bonds. The fourth-order valence-electron chi connectivity index (χ4n) is 4.15. The van der Waals surface area contributed by atoms with E-state index < -0.39 is 0 Å². The van der Waals surface area contributed by atoms with Gasteiger partial charge >= 0.3 is 0 Å². The topological polar surface area (TPSA) is 52.7 Å². The number of rotatable bonds is 5. The smallest absolute Gasteiger partial charge is 0.253 e. The van der Waals surface area contributed by atoms with Crippen LogP contribution in [0.3, 0.4) is 0 Å². The third kappa shape index (κ3) is 5.45. The molecule has 3 rings (SSSR count). The molecule has 1 unspecified atom stereocenters. The molecule has 0 saturated carbocycles. The number of carbonyl (C=O) groups is 2. The molecule has 0 aromatic heterocycles. The van der Waals surface area contributed by atoms with Gasteiger partial charge < -0.3 is 15.1 Å². The maximum Gasteiger partial charge on any atom is 0.253 e. The number of halogens is 1. The van der Waals surface area contributed by atoms with Gasteiger partial charge in [0, 0.05) is 37.8 Å². The molecule has 2 fully saturated rings. The van der Waals surface area contributed by atoms with Crippen molar-refractivity contribution in [2.75, 3.05) is 32.7 Å². The Morgan fingerprint density at radius 1 is 1.15 bits per heavy atom. The van der Waals surface area contributed by atoms with E-state index in [0.29, 0.717) is 5.91 Å². The van der Waals surface area contributed by atoms with Gasteiger partial charge in [0.1, 0.15) is 0 Å². The van der Waals surface area contributed by atoms with E-state index in [-0.39, 0.29) is 30.3 Å². The fraction of sp³-hybridized carbons (Fsp3) is 0.619. The molecule has 150 valence electrons. The molecular weight excluding hydrogens is 362 g/mol. The van der Waals surface area contributed by atoms with E-state index in [1.165, 1.54) is 0 Å². The largest absolute Gasteiger partial charge is 0.339 e. The van der Waals surface area contributed by atoms with Crippen molar-refractivity contribution in [1.29, 1.82) is 0 Å². The summed E-state index contributed by atoms with van der Waals surface area (Å²) in [5, 5.41) is 3.36. The predicted molar refractivity (Wildman–Crippen MR) is 110 cm³/mol. The monoisotopic (exact) mass is 393 g/mol. The van der Waals surface area contributed by atoms with Crippen LogP contribution < -0.4 is 5.32 Å². The van der Waals surface area contributed by atoms with Gasteiger partial charge in [-0.1, -0.05) is 25.1 Å². The highest BCUT2D eigenvalue weighted by molar-refractivity contribution is 5.94. The first-order valence-corrected chi connectivity index (χ1v) is 10.1. The van der Waals surface area contributed by atoms with E-state index >= 15 is 0 Å². The van der Waals surface area contributed by atoms with E-state index in [9.17, 15) is 9.59 Å². The Hall–Kier alpha value is -1.59. The highest BCUT2D eigenvalue weighted by Crippen LogP contribution is 2.22. The van der Waals surface area contributed by atoms with Crippen LogP contribution in [0, 0.1) is 5.92 Å². The minimum absolute atomic E-state index is 0. The number of amides is 2. The van der Waals surface area contributed by atoms with Gasteiger partial charge in [0.05, 0.1) is 5.92 Å². The summed E-state index contributed by atoms with van der Waals surface area (Å²) in [7, 11) is 0. The quantitative estimate of drug-likeness (QED) is 0.836. The van der Waals surface area contributed by atoms with Crippen molar-refractivity contribution in [2.24, 2.45) is 5.92 Å². The van der Waals surface area contributed by atoms with E-state index in [0.717, 1.165) is 70.4 Å². The summed E-state index contributed by atoms with van der Waals surface area (Å²) in [6.07, 6.45) is 4.82. The zero-order valence-electron chi connectivity index (χ0n) is 16.2. The molecule has 0 radical (unpaired) electrons. The first-order chi connectivity index (χ1) is 12.7. The summed E-state index contributed by atoms with van der Waals surface area (Å²) >= 11 is 0. The standard InChI is InChI=1S/C21H31N3O2.ClH/c1-2-13-24(21(26)18-9-6-12-22-16-18)19-10-14-23(15-11-19)20(25)17-7-4-3-5-8-17;/h3-5,7-8,18-19,22H,2,6,9-16H2,1H3;1H. The van der Waals surface area contributed by atoms with Gasteiger partial charge in [0.25, 0.3) is 5.91 Å². The Kier molecular flexibility index (Phi) is 8.58. The van der Waals surface area contributed by atoms with Gasteiger partial charge in [-0.15, -0.1) is 12.4 Å². The number of piperidine rings is 2. The van der Waals surface area contributed by atoms with Gasteiger partial charge in [-0.2, -0.15) is 0 Å². The van der Waals surface area contributed by atoms with Gasteiger partial charge in [-0.25, -0.2) is 0 Å². The van der Waals surface area contributed by atoms with Crippen molar-refractivity contribution in [2.45, 2.75) is 45.1 Å². The molecule has 0 spiro atoms. The Morgan fingerprint density at radius 2 is 1.85 bits per heavy atom. The summed E-state index contributed by atoms with van der Waals surface area (Å²) in [6, 6.07) is 9.75. The average Bonchev–Trinajstić information content (AvgIpc) is 2.72. The second kappa shape index (κ2) is 10.7. The minimum Gasteiger partial charge on any atom is -0.339 e. The number of likely N-dealkylation sites (tertiary alicyclic amines) is 1. The van der Waals surface area contributed by atoms with Gasteiger partial charge in [-0.05, 0) is 50.8 Å². The van der Waals surface area contributed by atoms with Crippen LogP contribution in [-0.2, 0) is 4.79 Å². The Bertz CT molecular complexity index is 597. The maximum atomic E-state index is 13.0. The number of nitrogens with one attached hydrogen (secondary N) is 1. The molecule has 2 heterocycles. The summed E-state index contributed by atoms with van der Waals surface area (Å²) in [4.78, 5) is 29.7. The van der Waals surface area contributed by atoms with Crippen molar-refractivity contribution in [3.05, 3.63) is 35.9 Å². The molecule has 1 aromatic carbocycles. The molecule has 1 atom stereocenters. The molecular formula is C21H32ClN3O2. The van der Waals surface area contributed by atoms with E-state index in [4.69, 9.17) is 0 Å². The SMILES string of the molecule is CCCN(C(=O)C1CCCNC1)C1CCN(C(=O)c2ccccc2)CC1.Cl. The molecule has 0 bridgehead atoms.